The fourth-order valence-electron chi connectivity index (χ4n) is 15.9. The van der Waals surface area contributed by atoms with E-state index in [0.717, 1.165) is 17.1 Å². The molecule has 0 bridgehead atoms. The zero-order chi connectivity index (χ0) is 52.7. The quantitative estimate of drug-likeness (QED) is 0.171. The van der Waals surface area contributed by atoms with E-state index in [1.165, 1.54) is 147 Å². The Labute approximate surface area is 472 Å². The molecule has 19 rings (SSSR count). The van der Waals surface area contributed by atoms with Crippen LogP contribution in [-0.4, -0.2) is 4.57 Å². The van der Waals surface area contributed by atoms with Crippen molar-refractivity contribution in [1.82, 2.24) is 4.57 Å². The Bertz CT molecular complexity index is 5270. The third kappa shape index (κ3) is 5.47. The lowest BCUT2D eigenvalue weighted by atomic mass is 9.65. The van der Waals surface area contributed by atoms with Crippen LogP contribution in [0.15, 0.2) is 279 Å². The van der Waals surface area contributed by atoms with Gasteiger partial charge in [-0.25, -0.2) is 0 Å². The number of rotatable bonds is 4. The highest BCUT2D eigenvalue weighted by atomic mass is 32.1. The lowest BCUT2D eigenvalue weighted by molar-refractivity contribution is 0.748. The number of para-hydroxylation sites is 3. The minimum Gasteiger partial charge on any atom is -0.310 e. The zero-order valence-electron chi connectivity index (χ0n) is 43.9. The molecule has 2 nitrogen and oxygen atoms in total. The van der Waals surface area contributed by atoms with Crippen molar-refractivity contribution >= 4 is 81.1 Å². The van der Waals surface area contributed by atoms with E-state index in [1.807, 2.05) is 11.3 Å². The molecule has 3 aliphatic carbocycles. The number of anilines is 3. The van der Waals surface area contributed by atoms with Crippen LogP contribution in [0, 0.1) is 0 Å². The van der Waals surface area contributed by atoms with Crippen LogP contribution in [0.4, 0.5) is 17.1 Å². The van der Waals surface area contributed by atoms with Gasteiger partial charge in [0, 0.05) is 48.0 Å². The molecule has 3 heteroatoms. The summed E-state index contributed by atoms with van der Waals surface area (Å²) in [5.74, 6) is 0. The maximum atomic E-state index is 2.55. The van der Waals surface area contributed by atoms with Crippen LogP contribution in [0.1, 0.15) is 44.5 Å². The van der Waals surface area contributed by atoms with E-state index >= 15 is 0 Å². The second-order valence-corrected chi connectivity index (χ2v) is 23.7. The molecule has 374 valence electrons. The second-order valence-electron chi connectivity index (χ2n) is 22.6. The molecule has 13 aromatic carbocycles. The van der Waals surface area contributed by atoms with E-state index < -0.39 is 10.8 Å². The Kier molecular flexibility index (Phi) is 8.57. The van der Waals surface area contributed by atoms with Crippen molar-refractivity contribution in [2.24, 2.45) is 0 Å². The zero-order valence-corrected chi connectivity index (χ0v) is 44.7. The van der Waals surface area contributed by atoms with Crippen molar-refractivity contribution in [2.75, 3.05) is 4.90 Å². The van der Waals surface area contributed by atoms with Crippen LogP contribution in [-0.2, 0) is 10.8 Å². The van der Waals surface area contributed by atoms with Crippen molar-refractivity contribution in [1.29, 1.82) is 0 Å². The van der Waals surface area contributed by atoms with Crippen molar-refractivity contribution in [3.63, 3.8) is 0 Å². The van der Waals surface area contributed by atoms with Crippen LogP contribution in [0.25, 0.3) is 103 Å². The van der Waals surface area contributed by atoms with Gasteiger partial charge in [-0.1, -0.05) is 212 Å². The van der Waals surface area contributed by atoms with Crippen molar-refractivity contribution in [2.45, 2.75) is 10.8 Å². The molecular weight excluding hydrogens is 997 g/mol. The average molecular weight is 1040 g/mol. The van der Waals surface area contributed by atoms with Gasteiger partial charge in [0.1, 0.15) is 0 Å². The number of hydrogen-bond donors (Lipinski definition) is 0. The van der Waals surface area contributed by atoms with Crippen LogP contribution >= 0.6 is 11.3 Å². The minimum absolute atomic E-state index is 0.537. The molecule has 0 saturated carbocycles. The molecule has 0 saturated heterocycles. The molecule has 81 heavy (non-hydrogen) atoms. The van der Waals surface area contributed by atoms with E-state index in [4.69, 9.17) is 0 Å². The molecule has 0 amide bonds. The monoisotopic (exact) mass is 1040 g/mol. The molecule has 15 aromatic rings. The Morgan fingerprint density at radius 2 is 0.827 bits per heavy atom. The Morgan fingerprint density at radius 3 is 1.58 bits per heavy atom. The fourth-order valence-corrected chi connectivity index (χ4v) is 17.0. The summed E-state index contributed by atoms with van der Waals surface area (Å²) < 4.78 is 5.18. The highest BCUT2D eigenvalue weighted by Crippen LogP contribution is 2.66. The third-order valence-corrected chi connectivity index (χ3v) is 20.1. The van der Waals surface area contributed by atoms with Gasteiger partial charge in [-0.2, -0.15) is 0 Å². The molecule has 1 aliphatic heterocycles. The minimum atomic E-state index is -0.605. The van der Waals surface area contributed by atoms with Gasteiger partial charge in [0.05, 0.1) is 27.6 Å². The largest absolute Gasteiger partial charge is 0.310 e. The third-order valence-electron chi connectivity index (χ3n) is 19.0. The molecule has 2 aromatic heterocycles. The molecule has 2 unspecified atom stereocenters. The van der Waals surface area contributed by atoms with Gasteiger partial charge >= 0.3 is 0 Å². The normalized spacial score (nSPS) is 16.5. The van der Waals surface area contributed by atoms with Gasteiger partial charge in [-0.3, -0.25) is 0 Å². The molecule has 3 heterocycles. The van der Waals surface area contributed by atoms with Crippen molar-refractivity contribution in [3.8, 4) is 50.2 Å². The van der Waals surface area contributed by atoms with Gasteiger partial charge < -0.3 is 9.47 Å². The molecule has 2 atom stereocenters. The average Bonchev–Trinajstić information content (AvgIpc) is 1.76. The smallest absolute Gasteiger partial charge is 0.0755 e. The van der Waals surface area contributed by atoms with Crippen molar-refractivity contribution < 1.29 is 0 Å². The molecule has 2 spiro atoms. The second kappa shape index (κ2) is 15.8. The standard InChI is InChI=1S/C78H46N2S/c1-2-17-53-48(16-1)34-42-67-75(53)61-22-5-10-26-65(61)77(67)63-24-8-3-18-54(63)56-40-38-51(45-69(56)77)79(50-36-32-47(33-37-50)49-35-43-74-62(44-49)59-21-7-14-31-73(59)81-74)52-39-41-57-55-19-4-9-25-64(55)78(70(57)46-52)66-27-11-13-30-72(66)80-71-29-12-6-20-58(71)60-23-15-28-68(78)76(60)80/h1-46H. The summed E-state index contributed by atoms with van der Waals surface area (Å²) >= 11 is 1.87. The first kappa shape index (κ1) is 43.9. The fraction of sp³-hybridized carbons (Fsp3) is 0.0256. The van der Waals surface area contributed by atoms with Gasteiger partial charge in [0.25, 0.3) is 0 Å². The lowest BCUT2D eigenvalue weighted by Crippen LogP contribution is -2.33. The molecular formula is C78H46N2S. The number of thiophene rings is 1. The summed E-state index contributed by atoms with van der Waals surface area (Å²) in [5.41, 5.74) is 26.7. The van der Waals surface area contributed by atoms with Crippen LogP contribution in [0.2, 0.25) is 0 Å². The maximum Gasteiger partial charge on any atom is 0.0755 e. The summed E-state index contributed by atoms with van der Waals surface area (Å²) in [4.78, 5) is 2.54. The number of nitrogens with zero attached hydrogens (tertiary/aromatic N) is 2. The predicted octanol–water partition coefficient (Wildman–Crippen LogP) is 20.5. The Balaban J connectivity index is 0.872. The first-order valence-electron chi connectivity index (χ1n) is 28.2. The molecule has 4 aliphatic rings. The lowest BCUT2D eigenvalue weighted by Gasteiger charge is -2.40. The topological polar surface area (TPSA) is 8.17 Å². The summed E-state index contributed by atoms with van der Waals surface area (Å²) in [6.07, 6.45) is 0. The number of benzene rings is 13. The Hall–Kier alpha value is -10.1. The molecule has 0 radical (unpaired) electrons. The summed E-state index contributed by atoms with van der Waals surface area (Å²) in [6, 6.07) is 106. The van der Waals surface area contributed by atoms with E-state index in [-0.39, 0.29) is 0 Å². The highest BCUT2D eigenvalue weighted by Gasteiger charge is 2.53. The van der Waals surface area contributed by atoms with E-state index in [0.29, 0.717) is 0 Å². The number of aromatic nitrogens is 1. The van der Waals surface area contributed by atoms with Crippen molar-refractivity contribution in [3.05, 3.63) is 324 Å². The number of fused-ring (bicyclic) bond motifs is 27. The predicted molar refractivity (Wildman–Crippen MR) is 338 cm³/mol. The summed E-state index contributed by atoms with van der Waals surface area (Å²) in [5, 5.41) is 7.73. The molecule has 0 N–H and O–H groups in total. The summed E-state index contributed by atoms with van der Waals surface area (Å²) in [6.45, 7) is 0. The van der Waals surface area contributed by atoms with Crippen LogP contribution < -0.4 is 4.90 Å². The van der Waals surface area contributed by atoms with Gasteiger partial charge in [0.15, 0.2) is 0 Å². The SMILES string of the molecule is c1ccc2c(c1)-c1ccc(N(c3ccc(-c4ccc5sc6ccccc6c5c4)cc3)c3ccc4c(c3)C3(c5ccccc5-4)c4ccccc4-n4c5ccccc5c5cccc3c54)cc1C21c2ccccc2-c2c1ccc1ccccc21. The summed E-state index contributed by atoms with van der Waals surface area (Å²) in [7, 11) is 0. The van der Waals surface area contributed by atoms with E-state index in [9.17, 15) is 0 Å². The Morgan fingerprint density at radius 1 is 0.296 bits per heavy atom. The van der Waals surface area contributed by atoms with E-state index in [1.54, 1.807) is 0 Å². The van der Waals surface area contributed by atoms with Gasteiger partial charge in [0.2, 0.25) is 0 Å². The van der Waals surface area contributed by atoms with Crippen LogP contribution in [0.5, 0.6) is 0 Å². The van der Waals surface area contributed by atoms with Gasteiger partial charge in [-0.05, 0) is 167 Å². The van der Waals surface area contributed by atoms with Gasteiger partial charge in [-0.15, -0.1) is 11.3 Å². The number of hydrogen-bond acceptors (Lipinski definition) is 2. The molecule has 0 fully saturated rings. The van der Waals surface area contributed by atoms with Crippen LogP contribution in [0.3, 0.4) is 0 Å². The van der Waals surface area contributed by atoms with E-state index in [2.05, 4.69) is 289 Å². The first-order chi connectivity index (χ1) is 40.2. The first-order valence-corrected chi connectivity index (χ1v) is 29.0. The highest BCUT2D eigenvalue weighted by molar-refractivity contribution is 7.25. The maximum absolute atomic E-state index is 2.55.